The van der Waals surface area contributed by atoms with Crippen LogP contribution in [0.2, 0.25) is 0 Å². The highest BCUT2D eigenvalue weighted by molar-refractivity contribution is 5.69. The van der Waals surface area contributed by atoms with Crippen molar-refractivity contribution in [2.45, 2.75) is 38.0 Å². The lowest BCUT2D eigenvalue weighted by molar-refractivity contribution is -0.0219. The molecule has 1 aliphatic rings. The number of amides is 1. The fourth-order valence-corrected chi connectivity index (χ4v) is 3.61. The first-order chi connectivity index (χ1) is 12.7. The molecule has 1 heterocycles. The van der Waals surface area contributed by atoms with Crippen molar-refractivity contribution in [3.63, 3.8) is 0 Å². The molecule has 2 aromatic rings. The first-order valence-electron chi connectivity index (χ1n) is 9.23. The fraction of sp³-hybridized carbons (Fsp3) is 0.409. The average Bonchev–Trinajstić information content (AvgIpc) is 3.04. The summed E-state index contributed by atoms with van der Waals surface area (Å²) in [4.78, 5) is 16.5. The third-order valence-electron chi connectivity index (χ3n) is 4.79. The largest absolute Gasteiger partial charge is 0.444 e. The summed E-state index contributed by atoms with van der Waals surface area (Å²) in [6, 6.07) is 18.6. The zero-order chi connectivity index (χ0) is 19.7. The van der Waals surface area contributed by atoms with Gasteiger partial charge in [0, 0.05) is 6.54 Å². The Bertz CT molecular complexity index is 732. The Balaban J connectivity index is 2.07. The second kappa shape index (κ2) is 7.33. The van der Waals surface area contributed by atoms with Crippen LogP contribution >= 0.6 is 0 Å². The molecule has 5 heteroatoms. The Morgan fingerprint density at radius 3 is 1.93 bits per heavy atom. The van der Waals surface area contributed by atoms with Crippen LogP contribution in [0.5, 0.6) is 0 Å². The quantitative estimate of drug-likeness (QED) is 0.902. The predicted octanol–water partition coefficient (Wildman–Crippen LogP) is 3.43. The molecule has 1 amide bonds. The number of carbonyl (C=O) groups excluding carboxylic acids is 1. The summed E-state index contributed by atoms with van der Waals surface area (Å²) in [6.07, 6.45) is -0.415. The Hall–Kier alpha value is -2.37. The summed E-state index contributed by atoms with van der Waals surface area (Å²) in [6.45, 7) is 6.49. The number of ether oxygens (including phenoxy) is 1. The monoisotopic (exact) mass is 368 g/mol. The van der Waals surface area contributed by atoms with Crippen molar-refractivity contribution in [2.75, 3.05) is 20.3 Å². The highest BCUT2D eigenvalue weighted by Gasteiger charge is 2.49. The maximum Gasteiger partial charge on any atom is 0.411 e. The molecule has 1 atom stereocenters. The standard InChI is InChI=1S/C22H28N2O3/c1-21(2,3)27-20(25)24-16-23(4)15-19(24)22(26,17-11-7-5-8-12-17)18-13-9-6-10-14-18/h5-14,19,26H,15-16H2,1-4H3. The summed E-state index contributed by atoms with van der Waals surface area (Å²) in [5, 5.41) is 12.0. The summed E-state index contributed by atoms with van der Waals surface area (Å²) in [5.74, 6) is 0. The molecular formula is C22H28N2O3. The van der Waals surface area contributed by atoms with Gasteiger partial charge >= 0.3 is 6.09 Å². The van der Waals surface area contributed by atoms with E-state index in [0.717, 1.165) is 11.1 Å². The van der Waals surface area contributed by atoms with Gasteiger partial charge in [-0.25, -0.2) is 4.79 Å². The Kier molecular flexibility index (Phi) is 5.27. The van der Waals surface area contributed by atoms with Crippen LogP contribution in [0.3, 0.4) is 0 Å². The molecule has 1 N–H and O–H groups in total. The van der Waals surface area contributed by atoms with Crippen molar-refractivity contribution in [3.8, 4) is 0 Å². The van der Waals surface area contributed by atoms with E-state index in [2.05, 4.69) is 0 Å². The minimum atomic E-state index is -1.34. The molecule has 0 spiro atoms. The molecule has 1 unspecified atom stereocenters. The number of hydrogen-bond acceptors (Lipinski definition) is 4. The average molecular weight is 368 g/mol. The van der Waals surface area contributed by atoms with E-state index in [4.69, 9.17) is 4.74 Å². The minimum Gasteiger partial charge on any atom is -0.444 e. The van der Waals surface area contributed by atoms with E-state index >= 15 is 0 Å². The Morgan fingerprint density at radius 1 is 1.00 bits per heavy atom. The van der Waals surface area contributed by atoms with Crippen LogP contribution in [0.4, 0.5) is 4.79 Å². The molecule has 5 nitrogen and oxygen atoms in total. The van der Waals surface area contributed by atoms with Gasteiger partial charge in [-0.05, 0) is 38.9 Å². The molecule has 1 fully saturated rings. The Morgan fingerprint density at radius 2 is 1.48 bits per heavy atom. The van der Waals surface area contributed by atoms with E-state index in [-0.39, 0.29) is 0 Å². The SMILES string of the molecule is CN1CC(C(O)(c2ccccc2)c2ccccc2)N(C(=O)OC(C)(C)C)C1. The van der Waals surface area contributed by atoms with Crippen LogP contribution in [-0.4, -0.2) is 52.9 Å². The second-order valence-corrected chi connectivity index (χ2v) is 8.14. The van der Waals surface area contributed by atoms with Crippen molar-refractivity contribution in [1.29, 1.82) is 0 Å². The second-order valence-electron chi connectivity index (χ2n) is 8.14. The van der Waals surface area contributed by atoms with E-state index < -0.39 is 23.3 Å². The molecule has 1 aliphatic heterocycles. The maximum absolute atomic E-state index is 12.9. The lowest BCUT2D eigenvalue weighted by Gasteiger charge is -2.39. The van der Waals surface area contributed by atoms with Crippen molar-refractivity contribution >= 4 is 6.09 Å². The molecule has 3 rings (SSSR count). The third-order valence-corrected chi connectivity index (χ3v) is 4.79. The van der Waals surface area contributed by atoms with Gasteiger partial charge in [0.05, 0.1) is 12.7 Å². The molecular weight excluding hydrogens is 340 g/mol. The maximum atomic E-state index is 12.9. The van der Waals surface area contributed by atoms with Gasteiger partial charge in [0.15, 0.2) is 0 Å². The van der Waals surface area contributed by atoms with Crippen LogP contribution in [0, 0.1) is 0 Å². The first kappa shape index (κ1) is 19.4. The van der Waals surface area contributed by atoms with Crippen molar-refractivity contribution in [3.05, 3.63) is 71.8 Å². The number of nitrogens with zero attached hydrogens (tertiary/aromatic N) is 2. The topological polar surface area (TPSA) is 53.0 Å². The summed E-state index contributed by atoms with van der Waals surface area (Å²) < 4.78 is 5.62. The third kappa shape index (κ3) is 3.99. The van der Waals surface area contributed by atoms with Gasteiger partial charge in [-0.15, -0.1) is 0 Å². The van der Waals surface area contributed by atoms with E-state index in [1.54, 1.807) is 4.90 Å². The van der Waals surface area contributed by atoms with E-state index in [1.165, 1.54) is 0 Å². The number of hydrogen-bond donors (Lipinski definition) is 1. The molecule has 144 valence electrons. The van der Waals surface area contributed by atoms with Crippen molar-refractivity contribution in [2.24, 2.45) is 0 Å². The van der Waals surface area contributed by atoms with Gasteiger partial charge in [0.25, 0.3) is 0 Å². The lowest BCUT2D eigenvalue weighted by Crippen LogP contribution is -2.52. The zero-order valence-electron chi connectivity index (χ0n) is 16.4. The normalized spacial score (nSPS) is 18.6. The van der Waals surface area contributed by atoms with Gasteiger partial charge in [0.1, 0.15) is 11.2 Å². The zero-order valence-corrected chi connectivity index (χ0v) is 16.4. The molecule has 0 bridgehead atoms. The van der Waals surface area contributed by atoms with Crippen molar-refractivity contribution in [1.82, 2.24) is 9.80 Å². The highest BCUT2D eigenvalue weighted by atomic mass is 16.6. The van der Waals surface area contributed by atoms with Gasteiger partial charge in [-0.1, -0.05) is 60.7 Å². The van der Waals surface area contributed by atoms with Crippen LogP contribution in [0.25, 0.3) is 0 Å². The summed E-state index contributed by atoms with van der Waals surface area (Å²) in [7, 11) is 1.94. The molecule has 0 aromatic heterocycles. The van der Waals surface area contributed by atoms with Gasteiger partial charge in [0.2, 0.25) is 0 Å². The highest BCUT2D eigenvalue weighted by Crippen LogP contribution is 2.38. The number of carbonyl (C=O) groups is 1. The molecule has 2 aromatic carbocycles. The molecule has 0 radical (unpaired) electrons. The van der Waals surface area contributed by atoms with Gasteiger partial charge < -0.3 is 9.84 Å². The minimum absolute atomic E-state index is 0.404. The molecule has 0 aliphatic carbocycles. The van der Waals surface area contributed by atoms with Gasteiger partial charge in [-0.3, -0.25) is 9.80 Å². The van der Waals surface area contributed by atoms with E-state index in [9.17, 15) is 9.90 Å². The number of rotatable bonds is 3. The smallest absolute Gasteiger partial charge is 0.411 e. The summed E-state index contributed by atoms with van der Waals surface area (Å²) in [5.41, 5.74) is -0.431. The lowest BCUT2D eigenvalue weighted by atomic mass is 9.80. The molecule has 0 saturated carbocycles. The summed E-state index contributed by atoms with van der Waals surface area (Å²) >= 11 is 0. The number of benzene rings is 2. The number of likely N-dealkylation sites (N-methyl/N-ethyl adjacent to an activating group) is 1. The first-order valence-corrected chi connectivity index (χ1v) is 9.23. The van der Waals surface area contributed by atoms with Crippen LogP contribution in [-0.2, 0) is 10.3 Å². The van der Waals surface area contributed by atoms with E-state index in [1.807, 2.05) is 93.4 Å². The molecule has 1 saturated heterocycles. The number of aliphatic hydroxyl groups is 1. The van der Waals surface area contributed by atoms with E-state index in [0.29, 0.717) is 13.2 Å². The predicted molar refractivity (Wildman–Crippen MR) is 105 cm³/mol. The fourth-order valence-electron chi connectivity index (χ4n) is 3.61. The van der Waals surface area contributed by atoms with Crippen LogP contribution in [0.15, 0.2) is 60.7 Å². The van der Waals surface area contributed by atoms with Gasteiger partial charge in [-0.2, -0.15) is 0 Å². The van der Waals surface area contributed by atoms with Crippen LogP contribution < -0.4 is 0 Å². The van der Waals surface area contributed by atoms with Crippen LogP contribution in [0.1, 0.15) is 31.9 Å². The Labute approximate surface area is 161 Å². The molecule has 27 heavy (non-hydrogen) atoms. The van der Waals surface area contributed by atoms with Crippen molar-refractivity contribution < 1.29 is 14.6 Å².